The van der Waals surface area contributed by atoms with Crippen molar-refractivity contribution in [3.63, 3.8) is 0 Å². The summed E-state index contributed by atoms with van der Waals surface area (Å²) >= 11 is 0. The minimum absolute atomic E-state index is 0.460. The number of nitrogens with zero attached hydrogens (tertiary/aromatic N) is 3. The fraction of sp³-hybridized carbons (Fsp3) is 0.500. The second-order valence-electron chi connectivity index (χ2n) is 4.19. The molecule has 1 aromatic heterocycles. The number of ether oxygens (including phenoxy) is 1. The third-order valence-corrected chi connectivity index (χ3v) is 3.01. The number of anilines is 1. The summed E-state index contributed by atoms with van der Waals surface area (Å²) in [6.07, 6.45) is -5.29. The summed E-state index contributed by atoms with van der Waals surface area (Å²) in [4.78, 5) is 17.8. The van der Waals surface area contributed by atoms with Crippen LogP contribution in [0.4, 0.5) is 14.6 Å². The molecule has 0 unspecified atom stereocenters. The standard InChI is InChI=1S/C10H10F2N4O4/c1-14-10(3-17)6(18)5(12)8(20-10)16-2-4(11)7(13)15-9(16)19/h1-2,5-6,8,17-18H,3H2,(H-,13,15,19)/p+1/t5-,6-,8+,10+/m0/s1. The van der Waals surface area contributed by atoms with Crippen molar-refractivity contribution in [2.45, 2.75) is 24.2 Å². The summed E-state index contributed by atoms with van der Waals surface area (Å²) in [6.45, 7) is 4.05. The van der Waals surface area contributed by atoms with E-state index in [9.17, 15) is 18.7 Å². The molecule has 0 spiro atoms. The van der Waals surface area contributed by atoms with Crippen molar-refractivity contribution in [1.82, 2.24) is 9.55 Å². The van der Waals surface area contributed by atoms with Gasteiger partial charge in [0.25, 0.3) is 6.57 Å². The van der Waals surface area contributed by atoms with Crippen LogP contribution in [0, 0.1) is 12.4 Å². The lowest BCUT2D eigenvalue weighted by Gasteiger charge is -2.15. The van der Waals surface area contributed by atoms with Crippen molar-refractivity contribution in [2.24, 2.45) is 0 Å². The highest BCUT2D eigenvalue weighted by molar-refractivity contribution is 5.26. The number of aliphatic hydroxyl groups excluding tert-OH is 2. The largest absolute Gasteiger partial charge is 0.438 e. The van der Waals surface area contributed by atoms with Gasteiger partial charge in [-0.15, -0.1) is 0 Å². The van der Waals surface area contributed by atoms with E-state index in [1.807, 2.05) is 0 Å². The first-order valence-electron chi connectivity index (χ1n) is 5.43. The van der Waals surface area contributed by atoms with E-state index < -0.39 is 48.2 Å². The van der Waals surface area contributed by atoms with Crippen LogP contribution in [-0.4, -0.2) is 44.4 Å². The molecule has 1 fully saturated rings. The monoisotopic (exact) mass is 289 g/mol. The van der Waals surface area contributed by atoms with Gasteiger partial charge < -0.3 is 15.9 Å². The van der Waals surface area contributed by atoms with Crippen LogP contribution in [0.2, 0.25) is 0 Å². The molecule has 108 valence electrons. The molecule has 1 saturated heterocycles. The van der Waals surface area contributed by atoms with Crippen LogP contribution in [0.1, 0.15) is 6.23 Å². The Labute approximate surface area is 110 Å². The highest BCUT2D eigenvalue weighted by Crippen LogP contribution is 2.39. The lowest BCUT2D eigenvalue weighted by molar-refractivity contribution is -0.1000. The average Bonchev–Trinajstić information content (AvgIpc) is 2.68. The minimum Gasteiger partial charge on any atom is -0.385 e. The zero-order valence-electron chi connectivity index (χ0n) is 9.98. The Bertz CT molecular complexity index is 631. The van der Waals surface area contributed by atoms with E-state index in [1.165, 1.54) is 0 Å². The van der Waals surface area contributed by atoms with Crippen LogP contribution in [0.25, 0.3) is 4.85 Å². The molecular formula is C10H11F2N4O4+. The van der Waals surface area contributed by atoms with Gasteiger partial charge in [-0.25, -0.2) is 13.6 Å². The summed E-state index contributed by atoms with van der Waals surface area (Å²) in [5.41, 5.74) is 1.87. The first-order valence-corrected chi connectivity index (χ1v) is 5.43. The molecule has 0 saturated carbocycles. The van der Waals surface area contributed by atoms with Crippen LogP contribution in [-0.2, 0) is 4.74 Å². The Morgan fingerprint density at radius 1 is 1.70 bits per heavy atom. The van der Waals surface area contributed by atoms with Gasteiger partial charge in [0, 0.05) is 0 Å². The molecule has 0 radical (unpaired) electrons. The van der Waals surface area contributed by atoms with E-state index in [1.54, 1.807) is 0 Å². The molecule has 4 N–H and O–H groups in total. The Kier molecular flexibility index (Phi) is 3.43. The van der Waals surface area contributed by atoms with Crippen molar-refractivity contribution in [1.29, 1.82) is 0 Å². The fourth-order valence-electron chi connectivity index (χ4n) is 1.88. The highest BCUT2D eigenvalue weighted by atomic mass is 19.1. The Hall–Kier alpha value is -2.09. The first-order chi connectivity index (χ1) is 9.36. The van der Waals surface area contributed by atoms with Crippen LogP contribution in [0.3, 0.4) is 0 Å². The Morgan fingerprint density at radius 3 is 2.85 bits per heavy atom. The summed E-state index contributed by atoms with van der Waals surface area (Å²) in [5.74, 6) is -1.72. The molecule has 20 heavy (non-hydrogen) atoms. The van der Waals surface area contributed by atoms with E-state index >= 15 is 0 Å². The number of aromatic nitrogens is 2. The summed E-state index contributed by atoms with van der Waals surface area (Å²) in [7, 11) is 0. The molecule has 2 rings (SSSR count). The van der Waals surface area contributed by atoms with Gasteiger partial charge in [0.05, 0.1) is 6.20 Å². The van der Waals surface area contributed by atoms with Crippen molar-refractivity contribution < 1.29 is 23.7 Å². The van der Waals surface area contributed by atoms with Crippen LogP contribution in [0.15, 0.2) is 11.0 Å². The van der Waals surface area contributed by atoms with E-state index in [0.717, 1.165) is 0 Å². The third-order valence-electron chi connectivity index (χ3n) is 3.01. The third kappa shape index (κ3) is 1.92. The molecule has 1 aliphatic rings. The zero-order chi connectivity index (χ0) is 15.1. The predicted octanol–water partition coefficient (Wildman–Crippen LogP) is -1.16. The molecule has 0 amide bonds. The first kappa shape index (κ1) is 14.3. The SMILES string of the molecule is C#[N+][C@]1(CO)O[C@@H](n2cc(F)c(N)nc2=O)[C@@H](F)[C@@H]1O. The lowest BCUT2D eigenvalue weighted by atomic mass is 10.1. The van der Waals surface area contributed by atoms with E-state index in [0.29, 0.717) is 10.8 Å². The highest BCUT2D eigenvalue weighted by Gasteiger charge is 2.64. The Morgan fingerprint density at radius 2 is 2.35 bits per heavy atom. The van der Waals surface area contributed by atoms with Crippen molar-refractivity contribution in [2.75, 3.05) is 12.3 Å². The Balaban J connectivity index is 2.48. The maximum atomic E-state index is 14.0. The van der Waals surface area contributed by atoms with E-state index in [4.69, 9.17) is 22.1 Å². The number of nitrogens with two attached hydrogens (primary N) is 1. The van der Waals surface area contributed by atoms with Gasteiger partial charge in [-0.3, -0.25) is 9.30 Å². The smallest absolute Gasteiger partial charge is 0.385 e. The van der Waals surface area contributed by atoms with Crippen molar-refractivity contribution in [3.05, 3.63) is 27.3 Å². The van der Waals surface area contributed by atoms with E-state index in [-0.39, 0.29) is 0 Å². The van der Waals surface area contributed by atoms with Gasteiger partial charge >= 0.3 is 11.4 Å². The number of halogens is 2. The summed E-state index contributed by atoms with van der Waals surface area (Å²) < 4.78 is 32.8. The normalized spacial score (nSPS) is 33.0. The fourth-order valence-corrected chi connectivity index (χ4v) is 1.88. The zero-order valence-corrected chi connectivity index (χ0v) is 9.98. The number of hydrogen-bond donors (Lipinski definition) is 3. The molecule has 10 heteroatoms. The van der Waals surface area contributed by atoms with Gasteiger partial charge in [-0.1, -0.05) is 0 Å². The molecule has 2 heterocycles. The van der Waals surface area contributed by atoms with Gasteiger partial charge in [-0.05, 0) is 4.85 Å². The number of alkyl halides is 1. The molecule has 1 aliphatic heterocycles. The minimum atomic E-state index is -2.18. The number of hydrogen-bond acceptors (Lipinski definition) is 6. The maximum Gasteiger partial charge on any atom is 0.438 e. The van der Waals surface area contributed by atoms with Crippen molar-refractivity contribution >= 4 is 5.82 Å². The second-order valence-corrected chi connectivity index (χ2v) is 4.19. The lowest BCUT2D eigenvalue weighted by Crippen LogP contribution is -2.42. The quantitative estimate of drug-likeness (QED) is 0.633. The van der Waals surface area contributed by atoms with Crippen LogP contribution >= 0.6 is 0 Å². The molecular weight excluding hydrogens is 278 g/mol. The molecule has 1 aromatic rings. The molecule has 0 bridgehead atoms. The number of rotatable bonds is 2. The molecule has 0 aromatic carbocycles. The van der Waals surface area contributed by atoms with Gasteiger partial charge in [0.2, 0.25) is 6.10 Å². The second kappa shape index (κ2) is 4.78. The number of nitrogen functional groups attached to an aromatic ring is 1. The van der Waals surface area contributed by atoms with Crippen LogP contribution in [0.5, 0.6) is 0 Å². The summed E-state index contributed by atoms with van der Waals surface area (Å²) in [6, 6.07) is 0. The predicted molar refractivity (Wildman–Crippen MR) is 62.0 cm³/mol. The molecule has 0 aliphatic carbocycles. The van der Waals surface area contributed by atoms with Gasteiger partial charge in [0.15, 0.2) is 30.6 Å². The molecule has 4 atom stereocenters. The van der Waals surface area contributed by atoms with Crippen molar-refractivity contribution in [3.8, 4) is 6.57 Å². The molecule has 8 nitrogen and oxygen atoms in total. The van der Waals surface area contributed by atoms with Crippen LogP contribution < -0.4 is 11.4 Å². The average molecular weight is 289 g/mol. The van der Waals surface area contributed by atoms with Gasteiger partial charge in [-0.2, -0.15) is 4.98 Å². The topological polar surface area (TPSA) is 115 Å². The number of aliphatic hydroxyl groups is 2. The van der Waals surface area contributed by atoms with Gasteiger partial charge in [0.1, 0.15) is 0 Å². The van der Waals surface area contributed by atoms with E-state index in [2.05, 4.69) is 9.83 Å². The maximum absolute atomic E-state index is 14.0. The summed E-state index contributed by atoms with van der Waals surface area (Å²) in [5, 5.41) is 18.8.